The van der Waals surface area contributed by atoms with Gasteiger partial charge >= 0.3 is 0 Å². The quantitative estimate of drug-likeness (QED) is 0.737. The summed E-state index contributed by atoms with van der Waals surface area (Å²) >= 11 is 0. The van der Waals surface area contributed by atoms with Crippen LogP contribution in [0.15, 0.2) is 24.3 Å². The molecule has 2 N–H and O–H groups in total. The molecule has 0 spiro atoms. The molecule has 1 heterocycles. The number of hydrogen-bond acceptors (Lipinski definition) is 2. The van der Waals surface area contributed by atoms with E-state index >= 15 is 0 Å². The van der Waals surface area contributed by atoms with Gasteiger partial charge in [0.15, 0.2) is 0 Å². The highest BCUT2D eigenvalue weighted by molar-refractivity contribution is 5.93. The summed E-state index contributed by atoms with van der Waals surface area (Å²) in [6.07, 6.45) is 0. The number of anilines is 1. The number of carbonyl (C=O) groups excluding carboxylic acids is 1. The third kappa shape index (κ3) is 1.90. The Balaban J connectivity index is 1.96. The number of amides is 1. The van der Waals surface area contributed by atoms with Crippen molar-refractivity contribution in [3.05, 3.63) is 30.1 Å². The van der Waals surface area contributed by atoms with Crippen LogP contribution >= 0.6 is 0 Å². The fraction of sp³-hybridized carbons (Fsp3) is 0.300. The average Bonchev–Trinajstić information content (AvgIpc) is 2.06. The van der Waals surface area contributed by atoms with E-state index in [0.29, 0.717) is 5.69 Å². The van der Waals surface area contributed by atoms with Crippen LogP contribution in [0.5, 0.6) is 0 Å². The molecule has 1 aliphatic rings. The molecule has 0 saturated carbocycles. The monoisotopic (exact) mass is 194 g/mol. The lowest BCUT2D eigenvalue weighted by atomic mass is 10.0. The molecule has 74 valence electrons. The van der Waals surface area contributed by atoms with Gasteiger partial charge in [-0.15, -0.1) is 0 Å². The fourth-order valence-electron chi connectivity index (χ4n) is 1.25. The van der Waals surface area contributed by atoms with Gasteiger partial charge in [-0.2, -0.15) is 0 Å². The molecule has 0 aliphatic carbocycles. The molecule has 2 rings (SSSR count). The number of halogens is 1. The highest BCUT2D eigenvalue weighted by Gasteiger charge is 2.24. The largest absolute Gasteiger partial charge is 0.326 e. The van der Waals surface area contributed by atoms with Gasteiger partial charge < -0.3 is 10.6 Å². The molecule has 0 atom stereocenters. The molecular formula is C10H11FN2O. The molecule has 1 aromatic rings. The summed E-state index contributed by atoms with van der Waals surface area (Å²) in [5, 5.41) is 5.74. The minimum atomic E-state index is -0.298. The van der Waals surface area contributed by atoms with Crippen molar-refractivity contribution in [1.82, 2.24) is 5.32 Å². The molecule has 3 nitrogen and oxygen atoms in total. The number of benzene rings is 1. The van der Waals surface area contributed by atoms with Crippen LogP contribution in [0.4, 0.5) is 10.1 Å². The lowest BCUT2D eigenvalue weighted by Gasteiger charge is -2.25. The zero-order chi connectivity index (χ0) is 9.97. The second-order valence-corrected chi connectivity index (χ2v) is 3.35. The highest BCUT2D eigenvalue weighted by Crippen LogP contribution is 2.11. The molecule has 0 unspecified atom stereocenters. The van der Waals surface area contributed by atoms with Gasteiger partial charge in [-0.1, -0.05) is 0 Å². The molecular weight excluding hydrogens is 183 g/mol. The maximum atomic E-state index is 12.5. The summed E-state index contributed by atoms with van der Waals surface area (Å²) in [7, 11) is 0. The predicted molar refractivity (Wildman–Crippen MR) is 51.4 cm³/mol. The van der Waals surface area contributed by atoms with Gasteiger partial charge in [-0.3, -0.25) is 4.79 Å². The molecule has 1 aromatic carbocycles. The first-order valence-corrected chi connectivity index (χ1v) is 4.53. The summed E-state index contributed by atoms with van der Waals surface area (Å²) in [4.78, 5) is 11.4. The Morgan fingerprint density at radius 3 is 2.50 bits per heavy atom. The van der Waals surface area contributed by atoms with E-state index in [-0.39, 0.29) is 17.6 Å². The fourth-order valence-corrected chi connectivity index (χ4v) is 1.25. The van der Waals surface area contributed by atoms with E-state index in [1.807, 2.05) is 0 Å². The summed E-state index contributed by atoms with van der Waals surface area (Å²) in [5.74, 6) is -0.247. The molecule has 0 radical (unpaired) electrons. The zero-order valence-electron chi connectivity index (χ0n) is 7.59. The number of rotatable bonds is 2. The minimum Gasteiger partial charge on any atom is -0.326 e. The third-order valence-electron chi connectivity index (χ3n) is 2.26. The lowest BCUT2D eigenvalue weighted by Crippen LogP contribution is -2.48. The Labute approximate surface area is 81.3 Å². The van der Waals surface area contributed by atoms with Crippen LogP contribution in [0, 0.1) is 11.7 Å². The van der Waals surface area contributed by atoms with Gasteiger partial charge in [0.05, 0.1) is 5.92 Å². The maximum Gasteiger partial charge on any atom is 0.230 e. The van der Waals surface area contributed by atoms with Crippen LogP contribution < -0.4 is 10.6 Å². The van der Waals surface area contributed by atoms with Gasteiger partial charge in [0.25, 0.3) is 0 Å². The number of carbonyl (C=O) groups is 1. The van der Waals surface area contributed by atoms with Crippen molar-refractivity contribution in [3.8, 4) is 0 Å². The first kappa shape index (κ1) is 9.15. The molecule has 1 amide bonds. The third-order valence-corrected chi connectivity index (χ3v) is 2.26. The highest BCUT2D eigenvalue weighted by atomic mass is 19.1. The molecule has 4 heteroatoms. The summed E-state index contributed by atoms with van der Waals surface area (Å²) in [5.41, 5.74) is 0.642. The van der Waals surface area contributed by atoms with Crippen molar-refractivity contribution >= 4 is 11.6 Å². The van der Waals surface area contributed by atoms with Crippen LogP contribution in [0.2, 0.25) is 0 Å². The number of nitrogens with one attached hydrogen (secondary N) is 2. The molecule has 0 bridgehead atoms. The first-order chi connectivity index (χ1) is 6.75. The Bertz CT molecular complexity index is 332. The summed E-state index contributed by atoms with van der Waals surface area (Å²) in [6.45, 7) is 1.46. The van der Waals surface area contributed by atoms with Crippen molar-refractivity contribution in [2.24, 2.45) is 5.92 Å². The first-order valence-electron chi connectivity index (χ1n) is 4.53. The molecule has 14 heavy (non-hydrogen) atoms. The normalized spacial score (nSPS) is 16.1. The van der Waals surface area contributed by atoms with Crippen molar-refractivity contribution in [1.29, 1.82) is 0 Å². The Hall–Kier alpha value is -1.42. The molecule has 0 aromatic heterocycles. The Morgan fingerprint density at radius 2 is 2.00 bits per heavy atom. The predicted octanol–water partition coefficient (Wildman–Crippen LogP) is 0.984. The lowest BCUT2D eigenvalue weighted by molar-refractivity contribution is -0.121. The smallest absolute Gasteiger partial charge is 0.230 e. The minimum absolute atomic E-state index is 0.00430. The van der Waals surface area contributed by atoms with Gasteiger partial charge in [0.2, 0.25) is 5.91 Å². The van der Waals surface area contributed by atoms with Crippen LogP contribution in [-0.2, 0) is 4.79 Å². The van der Waals surface area contributed by atoms with E-state index in [9.17, 15) is 9.18 Å². The topological polar surface area (TPSA) is 41.1 Å². The van der Waals surface area contributed by atoms with Crippen LogP contribution in [0.1, 0.15) is 0 Å². The van der Waals surface area contributed by atoms with Gasteiger partial charge in [-0.05, 0) is 24.3 Å². The van der Waals surface area contributed by atoms with Gasteiger partial charge in [0.1, 0.15) is 5.82 Å². The second kappa shape index (κ2) is 3.75. The van der Waals surface area contributed by atoms with Crippen molar-refractivity contribution < 1.29 is 9.18 Å². The van der Waals surface area contributed by atoms with Crippen molar-refractivity contribution in [3.63, 3.8) is 0 Å². The molecule has 1 aliphatic heterocycles. The van der Waals surface area contributed by atoms with E-state index in [4.69, 9.17) is 0 Å². The van der Waals surface area contributed by atoms with E-state index in [2.05, 4.69) is 10.6 Å². The number of hydrogen-bond donors (Lipinski definition) is 2. The van der Waals surface area contributed by atoms with Gasteiger partial charge in [-0.25, -0.2) is 4.39 Å². The van der Waals surface area contributed by atoms with Gasteiger partial charge in [0, 0.05) is 18.8 Å². The van der Waals surface area contributed by atoms with E-state index in [1.54, 1.807) is 12.1 Å². The van der Waals surface area contributed by atoms with Crippen LogP contribution in [0.25, 0.3) is 0 Å². The van der Waals surface area contributed by atoms with E-state index < -0.39 is 0 Å². The average molecular weight is 194 g/mol. The van der Waals surface area contributed by atoms with Crippen molar-refractivity contribution in [2.75, 3.05) is 18.4 Å². The second-order valence-electron chi connectivity index (χ2n) is 3.35. The van der Waals surface area contributed by atoms with Crippen molar-refractivity contribution in [2.45, 2.75) is 0 Å². The summed E-state index contributed by atoms with van der Waals surface area (Å²) in [6, 6.07) is 5.77. The maximum absolute atomic E-state index is 12.5. The standard InChI is InChI=1S/C10H11FN2O/c11-8-1-3-9(4-2-8)13-10(14)7-5-12-6-7/h1-4,7,12H,5-6H2,(H,13,14). The van der Waals surface area contributed by atoms with E-state index in [1.165, 1.54) is 12.1 Å². The SMILES string of the molecule is O=C(Nc1ccc(F)cc1)C1CNC1. The van der Waals surface area contributed by atoms with Crippen LogP contribution in [-0.4, -0.2) is 19.0 Å². The molecule has 1 fully saturated rings. The summed E-state index contributed by atoms with van der Waals surface area (Å²) < 4.78 is 12.5. The Kier molecular flexibility index (Phi) is 2.45. The Morgan fingerprint density at radius 1 is 1.36 bits per heavy atom. The molecule has 1 saturated heterocycles. The zero-order valence-corrected chi connectivity index (χ0v) is 7.59. The van der Waals surface area contributed by atoms with Crippen LogP contribution in [0.3, 0.4) is 0 Å². The van der Waals surface area contributed by atoms with E-state index in [0.717, 1.165) is 13.1 Å².